The van der Waals surface area contributed by atoms with Crippen LogP contribution in [0.5, 0.6) is 0 Å². The molecule has 2 aromatic heterocycles. The predicted octanol–water partition coefficient (Wildman–Crippen LogP) is 2.98. The normalized spacial score (nSPS) is 10.9. The molecule has 0 aliphatic carbocycles. The zero-order valence-electron chi connectivity index (χ0n) is 12.2. The fourth-order valence-electron chi connectivity index (χ4n) is 2.21. The molecule has 9 heteroatoms. The summed E-state index contributed by atoms with van der Waals surface area (Å²) in [5, 5.41) is 16.3. The van der Waals surface area contributed by atoms with E-state index in [-0.39, 0.29) is 5.69 Å². The molecule has 2 heterocycles. The van der Waals surface area contributed by atoms with Gasteiger partial charge in [0.15, 0.2) is 10.8 Å². The Morgan fingerprint density at radius 1 is 1.43 bits per heavy atom. The number of carbonyl (C=O) groups is 1. The molecule has 23 heavy (non-hydrogen) atoms. The van der Waals surface area contributed by atoms with Gasteiger partial charge in [0.2, 0.25) is 0 Å². The fourth-order valence-corrected chi connectivity index (χ4v) is 2.55. The lowest BCUT2D eigenvalue weighted by molar-refractivity contribution is 0.209. The van der Waals surface area contributed by atoms with Gasteiger partial charge in [0.25, 0.3) is 0 Å². The average molecular weight is 333 g/mol. The molecule has 1 amide bonds. The van der Waals surface area contributed by atoms with Crippen molar-refractivity contribution in [1.29, 1.82) is 0 Å². The zero-order valence-corrected chi connectivity index (χ0v) is 13.1. The van der Waals surface area contributed by atoms with E-state index in [0.29, 0.717) is 27.4 Å². The number of anilines is 1. The Hall–Kier alpha value is -2.68. The van der Waals surface area contributed by atoms with Gasteiger partial charge < -0.3 is 5.11 Å². The van der Waals surface area contributed by atoms with Crippen molar-refractivity contribution in [2.45, 2.75) is 5.16 Å². The number of aryl methyl sites for hydroxylation is 1. The van der Waals surface area contributed by atoms with Crippen molar-refractivity contribution in [3.63, 3.8) is 0 Å². The third kappa shape index (κ3) is 2.82. The number of amides is 1. The molecule has 0 saturated carbocycles. The lowest BCUT2D eigenvalue weighted by atomic mass is 10.1. The van der Waals surface area contributed by atoms with Crippen molar-refractivity contribution >= 4 is 34.6 Å². The fraction of sp³-hybridized carbons (Fsp3) is 0.143. The molecule has 0 spiro atoms. The van der Waals surface area contributed by atoms with Crippen LogP contribution in [-0.2, 0) is 7.05 Å². The molecule has 0 fully saturated rings. The number of hydrogen-bond donors (Lipinski definition) is 2. The number of nitrogens with zero attached hydrogens (tertiary/aromatic N) is 4. The summed E-state index contributed by atoms with van der Waals surface area (Å²) in [4.78, 5) is 19.2. The van der Waals surface area contributed by atoms with E-state index in [1.807, 2.05) is 11.6 Å². The molecule has 3 aromatic rings. The summed E-state index contributed by atoms with van der Waals surface area (Å²) in [6, 6.07) is 4.19. The number of aromatic nitrogens is 4. The van der Waals surface area contributed by atoms with Crippen molar-refractivity contribution in [3.05, 3.63) is 30.2 Å². The monoisotopic (exact) mass is 333 g/mol. The maximum absolute atomic E-state index is 14.0. The zero-order chi connectivity index (χ0) is 16.6. The molecule has 0 unspecified atom stereocenters. The minimum absolute atomic E-state index is 0.109. The average Bonchev–Trinajstić information content (AvgIpc) is 2.85. The standard InChI is InChI=1S/C14H12FN5O2S/c1-20-12-8(6-16-13(18-12)23-2)11(19-20)7-3-4-10(9(15)5-7)17-14(21)22/h3-6,17H,1-2H3,(H,21,22). The number of rotatable bonds is 3. The maximum atomic E-state index is 14.0. The second-order valence-corrected chi connectivity index (χ2v) is 5.46. The Morgan fingerprint density at radius 3 is 2.87 bits per heavy atom. The minimum Gasteiger partial charge on any atom is -0.465 e. The molecule has 3 rings (SSSR count). The smallest absolute Gasteiger partial charge is 0.409 e. The van der Waals surface area contributed by atoms with Gasteiger partial charge >= 0.3 is 6.09 Å². The molecule has 0 radical (unpaired) electrons. The Morgan fingerprint density at radius 2 is 2.22 bits per heavy atom. The van der Waals surface area contributed by atoms with E-state index in [1.165, 1.54) is 23.9 Å². The SMILES string of the molecule is CSc1ncc2c(-c3ccc(NC(=O)O)c(F)c3)nn(C)c2n1. The van der Waals surface area contributed by atoms with E-state index >= 15 is 0 Å². The Balaban J connectivity index is 2.10. The highest BCUT2D eigenvalue weighted by Crippen LogP contribution is 2.29. The van der Waals surface area contributed by atoms with Crippen LogP contribution in [0.15, 0.2) is 29.6 Å². The second kappa shape index (κ2) is 5.84. The number of benzene rings is 1. The number of fused-ring (bicyclic) bond motifs is 1. The van der Waals surface area contributed by atoms with E-state index in [2.05, 4.69) is 15.1 Å². The summed E-state index contributed by atoms with van der Waals surface area (Å²) >= 11 is 1.42. The lowest BCUT2D eigenvalue weighted by Gasteiger charge is -2.04. The number of halogens is 1. The van der Waals surface area contributed by atoms with Crippen LogP contribution in [0.25, 0.3) is 22.3 Å². The van der Waals surface area contributed by atoms with Gasteiger partial charge in [-0.1, -0.05) is 17.8 Å². The van der Waals surface area contributed by atoms with Crippen LogP contribution in [0.3, 0.4) is 0 Å². The van der Waals surface area contributed by atoms with Gasteiger partial charge in [0.1, 0.15) is 11.5 Å². The quantitative estimate of drug-likeness (QED) is 0.565. The van der Waals surface area contributed by atoms with Gasteiger partial charge in [-0.25, -0.2) is 23.8 Å². The Kier molecular flexibility index (Phi) is 3.87. The Bertz CT molecular complexity index is 912. The highest BCUT2D eigenvalue weighted by atomic mass is 32.2. The van der Waals surface area contributed by atoms with Gasteiger partial charge in [-0.3, -0.25) is 5.32 Å². The molecule has 0 saturated heterocycles. The first kappa shape index (κ1) is 15.2. The first-order valence-corrected chi connectivity index (χ1v) is 7.75. The number of hydrogen-bond acceptors (Lipinski definition) is 5. The largest absolute Gasteiger partial charge is 0.465 e. The first-order chi connectivity index (χ1) is 11.0. The molecule has 2 N–H and O–H groups in total. The topological polar surface area (TPSA) is 92.9 Å². The van der Waals surface area contributed by atoms with Gasteiger partial charge in [-0.05, 0) is 18.4 Å². The van der Waals surface area contributed by atoms with Gasteiger partial charge in [0.05, 0.1) is 11.1 Å². The highest BCUT2D eigenvalue weighted by Gasteiger charge is 2.15. The maximum Gasteiger partial charge on any atom is 0.409 e. The van der Waals surface area contributed by atoms with E-state index in [0.717, 1.165) is 0 Å². The van der Waals surface area contributed by atoms with Crippen molar-refractivity contribution in [3.8, 4) is 11.3 Å². The van der Waals surface area contributed by atoms with Crippen LogP contribution < -0.4 is 5.32 Å². The number of nitrogens with one attached hydrogen (secondary N) is 1. The summed E-state index contributed by atoms with van der Waals surface area (Å²) in [6.07, 6.45) is 2.21. The summed E-state index contributed by atoms with van der Waals surface area (Å²) in [5.74, 6) is -0.676. The second-order valence-electron chi connectivity index (χ2n) is 4.69. The van der Waals surface area contributed by atoms with Crippen molar-refractivity contribution in [1.82, 2.24) is 19.7 Å². The molecule has 0 atom stereocenters. The first-order valence-electron chi connectivity index (χ1n) is 6.53. The van der Waals surface area contributed by atoms with Crippen LogP contribution in [0.2, 0.25) is 0 Å². The molecule has 1 aromatic carbocycles. The molecule has 0 aliphatic heterocycles. The third-order valence-corrected chi connectivity index (χ3v) is 3.79. The van der Waals surface area contributed by atoms with Crippen LogP contribution in [-0.4, -0.2) is 37.2 Å². The van der Waals surface area contributed by atoms with Crippen LogP contribution >= 0.6 is 11.8 Å². The van der Waals surface area contributed by atoms with Crippen LogP contribution in [0.1, 0.15) is 0 Å². The molecule has 0 aliphatic rings. The van der Waals surface area contributed by atoms with E-state index in [1.54, 1.807) is 24.0 Å². The summed E-state index contributed by atoms with van der Waals surface area (Å²) in [5.41, 5.74) is 1.59. The summed E-state index contributed by atoms with van der Waals surface area (Å²) in [6.45, 7) is 0. The number of thioether (sulfide) groups is 1. The number of carboxylic acid groups (broad SMARTS) is 1. The highest BCUT2D eigenvalue weighted by molar-refractivity contribution is 7.98. The van der Waals surface area contributed by atoms with Crippen LogP contribution in [0, 0.1) is 5.82 Å². The predicted molar refractivity (Wildman–Crippen MR) is 85.1 cm³/mol. The van der Waals surface area contributed by atoms with E-state index in [4.69, 9.17) is 5.11 Å². The van der Waals surface area contributed by atoms with E-state index < -0.39 is 11.9 Å². The van der Waals surface area contributed by atoms with Gasteiger partial charge in [-0.2, -0.15) is 5.10 Å². The van der Waals surface area contributed by atoms with Crippen LogP contribution in [0.4, 0.5) is 14.9 Å². The van der Waals surface area contributed by atoms with E-state index in [9.17, 15) is 9.18 Å². The Labute approximate surface area is 134 Å². The van der Waals surface area contributed by atoms with Gasteiger partial charge in [-0.15, -0.1) is 0 Å². The molecular weight excluding hydrogens is 321 g/mol. The lowest BCUT2D eigenvalue weighted by Crippen LogP contribution is -2.08. The molecule has 7 nitrogen and oxygen atoms in total. The molecule has 0 bridgehead atoms. The summed E-state index contributed by atoms with van der Waals surface area (Å²) < 4.78 is 15.6. The van der Waals surface area contributed by atoms with Crippen molar-refractivity contribution < 1.29 is 14.3 Å². The molecular formula is C14H12FN5O2S. The summed E-state index contributed by atoms with van der Waals surface area (Å²) in [7, 11) is 1.75. The molecule has 118 valence electrons. The van der Waals surface area contributed by atoms with Crippen molar-refractivity contribution in [2.75, 3.05) is 11.6 Å². The van der Waals surface area contributed by atoms with Gasteiger partial charge in [0, 0.05) is 18.8 Å². The van der Waals surface area contributed by atoms with Crippen molar-refractivity contribution in [2.24, 2.45) is 7.05 Å². The minimum atomic E-state index is -1.32. The third-order valence-electron chi connectivity index (χ3n) is 3.22.